The lowest BCUT2D eigenvalue weighted by molar-refractivity contribution is 0.168. The van der Waals surface area contributed by atoms with Crippen LogP contribution in [0.3, 0.4) is 0 Å². The average molecular weight is 125 g/mol. The Hall–Kier alpha value is -0.660. The Balaban J connectivity index is 2.13. The zero-order valence-electron chi connectivity index (χ0n) is 5.39. The number of piperidine rings is 1. The van der Waals surface area contributed by atoms with Gasteiger partial charge in [-0.3, -0.25) is 0 Å². The summed E-state index contributed by atoms with van der Waals surface area (Å²) in [5, 5.41) is 3.39. The van der Waals surface area contributed by atoms with Gasteiger partial charge in [0.05, 0.1) is 6.04 Å². The quantitative estimate of drug-likeness (QED) is 0.521. The second-order valence-electron chi connectivity index (χ2n) is 2.71. The van der Waals surface area contributed by atoms with E-state index in [1.165, 1.54) is 25.0 Å². The van der Waals surface area contributed by atoms with Crippen molar-refractivity contribution in [3.05, 3.63) is 12.0 Å². The largest absolute Gasteiger partial charge is 0.497 e. The maximum absolute atomic E-state index is 5.21. The molecule has 2 nitrogen and oxygen atoms in total. The molecule has 1 N–H and O–H groups in total. The summed E-state index contributed by atoms with van der Waals surface area (Å²) in [6, 6.07) is 0.610. The molecule has 0 aliphatic carbocycles. The first-order chi connectivity index (χ1) is 4.45. The molecule has 9 heavy (non-hydrogen) atoms. The molecule has 0 aromatic rings. The van der Waals surface area contributed by atoms with E-state index in [0.29, 0.717) is 6.04 Å². The number of fused-ring (bicyclic) bond motifs is 2. The standard InChI is InChI=1S/C7H11NO/c1-2-6-4-9-5-7(3-1)8-6/h4,7-8H,1-3,5H2. The minimum atomic E-state index is 0.610. The molecule has 2 aliphatic rings. The Bertz CT molecular complexity index is 142. The molecule has 1 atom stereocenters. The van der Waals surface area contributed by atoms with E-state index < -0.39 is 0 Å². The van der Waals surface area contributed by atoms with E-state index in [4.69, 9.17) is 4.74 Å². The maximum Gasteiger partial charge on any atom is 0.107 e. The summed E-state index contributed by atoms with van der Waals surface area (Å²) in [6.07, 6.45) is 5.64. The topological polar surface area (TPSA) is 21.3 Å². The third-order valence-electron chi connectivity index (χ3n) is 1.91. The Labute approximate surface area is 54.9 Å². The predicted octanol–water partition coefficient (Wildman–Crippen LogP) is 1.00. The van der Waals surface area contributed by atoms with Crippen LogP contribution in [0.1, 0.15) is 19.3 Å². The number of ether oxygens (including phenoxy) is 1. The van der Waals surface area contributed by atoms with E-state index in [0.717, 1.165) is 6.61 Å². The third kappa shape index (κ3) is 0.889. The number of rotatable bonds is 0. The van der Waals surface area contributed by atoms with Gasteiger partial charge in [0.1, 0.15) is 12.9 Å². The van der Waals surface area contributed by atoms with Gasteiger partial charge in [-0.25, -0.2) is 0 Å². The summed E-state index contributed by atoms with van der Waals surface area (Å²) in [4.78, 5) is 0. The Morgan fingerprint density at radius 1 is 1.67 bits per heavy atom. The van der Waals surface area contributed by atoms with Gasteiger partial charge in [-0.05, 0) is 19.3 Å². The lowest BCUT2D eigenvalue weighted by Crippen LogP contribution is -2.38. The molecular weight excluding hydrogens is 114 g/mol. The maximum atomic E-state index is 5.21. The number of hydrogen-bond acceptors (Lipinski definition) is 2. The van der Waals surface area contributed by atoms with Crippen LogP contribution in [0.4, 0.5) is 0 Å². The molecule has 0 amide bonds. The number of hydrogen-bond donors (Lipinski definition) is 1. The van der Waals surface area contributed by atoms with Crippen LogP contribution in [0.2, 0.25) is 0 Å². The van der Waals surface area contributed by atoms with E-state index >= 15 is 0 Å². The van der Waals surface area contributed by atoms with Crippen LogP contribution in [-0.2, 0) is 4.74 Å². The number of allylic oxidation sites excluding steroid dienone is 1. The highest BCUT2D eigenvalue weighted by molar-refractivity contribution is 5.03. The molecule has 1 unspecified atom stereocenters. The van der Waals surface area contributed by atoms with E-state index in [9.17, 15) is 0 Å². The van der Waals surface area contributed by atoms with Crippen LogP contribution in [0.15, 0.2) is 12.0 Å². The fourth-order valence-corrected chi connectivity index (χ4v) is 1.43. The Morgan fingerprint density at radius 3 is 3.44 bits per heavy atom. The van der Waals surface area contributed by atoms with E-state index in [1.54, 1.807) is 0 Å². The van der Waals surface area contributed by atoms with Crippen LogP contribution in [-0.4, -0.2) is 12.6 Å². The minimum absolute atomic E-state index is 0.610. The molecule has 2 heteroatoms. The molecular formula is C7H11NO. The summed E-state index contributed by atoms with van der Waals surface area (Å²) in [5.41, 5.74) is 1.29. The van der Waals surface area contributed by atoms with Crippen LogP contribution >= 0.6 is 0 Å². The van der Waals surface area contributed by atoms with Gasteiger partial charge in [-0.1, -0.05) is 0 Å². The third-order valence-corrected chi connectivity index (χ3v) is 1.91. The van der Waals surface area contributed by atoms with Gasteiger partial charge in [0.15, 0.2) is 0 Å². The molecule has 2 heterocycles. The summed E-state index contributed by atoms with van der Waals surface area (Å²) < 4.78 is 5.21. The van der Waals surface area contributed by atoms with Gasteiger partial charge in [-0.2, -0.15) is 0 Å². The lowest BCUT2D eigenvalue weighted by atomic mass is 10.0. The van der Waals surface area contributed by atoms with Crippen molar-refractivity contribution in [1.29, 1.82) is 0 Å². The molecule has 0 aromatic heterocycles. The van der Waals surface area contributed by atoms with Crippen molar-refractivity contribution in [3.63, 3.8) is 0 Å². The molecule has 1 fully saturated rings. The summed E-state index contributed by atoms with van der Waals surface area (Å²) in [5.74, 6) is 0. The molecule has 1 saturated heterocycles. The zero-order chi connectivity index (χ0) is 6.10. The van der Waals surface area contributed by atoms with Crippen molar-refractivity contribution in [2.24, 2.45) is 0 Å². The zero-order valence-corrected chi connectivity index (χ0v) is 5.39. The molecule has 0 saturated carbocycles. The van der Waals surface area contributed by atoms with Gasteiger partial charge in [-0.15, -0.1) is 0 Å². The fraction of sp³-hybridized carbons (Fsp3) is 0.714. The lowest BCUT2D eigenvalue weighted by Gasteiger charge is -2.30. The fourth-order valence-electron chi connectivity index (χ4n) is 1.43. The van der Waals surface area contributed by atoms with Crippen molar-refractivity contribution in [3.8, 4) is 0 Å². The Kier molecular flexibility index (Phi) is 1.11. The van der Waals surface area contributed by atoms with Gasteiger partial charge in [0, 0.05) is 5.70 Å². The normalized spacial score (nSPS) is 32.0. The second kappa shape index (κ2) is 1.94. The van der Waals surface area contributed by atoms with Gasteiger partial charge < -0.3 is 10.1 Å². The molecule has 2 bridgehead atoms. The monoisotopic (exact) mass is 125 g/mol. The van der Waals surface area contributed by atoms with E-state index in [-0.39, 0.29) is 0 Å². The van der Waals surface area contributed by atoms with Gasteiger partial charge in [0.25, 0.3) is 0 Å². The van der Waals surface area contributed by atoms with E-state index in [1.807, 2.05) is 6.26 Å². The molecule has 0 spiro atoms. The summed E-state index contributed by atoms with van der Waals surface area (Å²) >= 11 is 0. The highest BCUT2D eigenvalue weighted by Crippen LogP contribution is 2.18. The van der Waals surface area contributed by atoms with Crippen molar-refractivity contribution in [1.82, 2.24) is 5.32 Å². The van der Waals surface area contributed by atoms with Gasteiger partial charge >= 0.3 is 0 Å². The highest BCUT2D eigenvalue weighted by Gasteiger charge is 2.19. The first kappa shape index (κ1) is 5.15. The smallest absolute Gasteiger partial charge is 0.107 e. The second-order valence-corrected chi connectivity index (χ2v) is 2.71. The molecule has 2 rings (SSSR count). The van der Waals surface area contributed by atoms with Crippen molar-refractivity contribution < 1.29 is 4.74 Å². The average Bonchev–Trinajstić information content (AvgIpc) is 1.88. The molecule has 0 radical (unpaired) electrons. The molecule has 2 aliphatic heterocycles. The first-order valence-electron chi connectivity index (χ1n) is 3.52. The van der Waals surface area contributed by atoms with Crippen molar-refractivity contribution in [2.75, 3.05) is 6.61 Å². The van der Waals surface area contributed by atoms with Crippen LogP contribution < -0.4 is 5.32 Å². The molecule has 50 valence electrons. The number of nitrogens with one attached hydrogen (secondary N) is 1. The summed E-state index contributed by atoms with van der Waals surface area (Å²) in [6.45, 7) is 0.865. The van der Waals surface area contributed by atoms with Crippen LogP contribution in [0.5, 0.6) is 0 Å². The highest BCUT2D eigenvalue weighted by atomic mass is 16.5. The van der Waals surface area contributed by atoms with Crippen LogP contribution in [0.25, 0.3) is 0 Å². The van der Waals surface area contributed by atoms with E-state index in [2.05, 4.69) is 5.32 Å². The predicted molar refractivity (Wildman–Crippen MR) is 34.8 cm³/mol. The molecule has 0 aromatic carbocycles. The first-order valence-corrected chi connectivity index (χ1v) is 3.52. The minimum Gasteiger partial charge on any atom is -0.497 e. The van der Waals surface area contributed by atoms with Crippen molar-refractivity contribution in [2.45, 2.75) is 25.3 Å². The van der Waals surface area contributed by atoms with Crippen molar-refractivity contribution >= 4 is 0 Å². The Morgan fingerprint density at radius 2 is 2.67 bits per heavy atom. The SMILES string of the molecule is C1=C2CCCC(CO1)N2. The van der Waals surface area contributed by atoms with Crippen LogP contribution in [0, 0.1) is 0 Å². The summed E-state index contributed by atoms with van der Waals surface area (Å²) in [7, 11) is 0. The van der Waals surface area contributed by atoms with Gasteiger partial charge in [0.2, 0.25) is 0 Å².